The number of fused-ring (bicyclic) bond motifs is 8. The minimum atomic E-state index is -0.903. The lowest BCUT2D eigenvalue weighted by atomic mass is 9.84. The van der Waals surface area contributed by atoms with Crippen LogP contribution in [0.5, 0.6) is 0 Å². The van der Waals surface area contributed by atoms with Crippen LogP contribution in [-0.4, -0.2) is 0 Å². The molecule has 0 amide bonds. The first kappa shape index (κ1) is 16.2. The summed E-state index contributed by atoms with van der Waals surface area (Å²) in [5.41, 5.74) is -3.42. The molecule has 226 valence electrons. The van der Waals surface area contributed by atoms with Gasteiger partial charge in [-0.15, -0.1) is 0 Å². The molecule has 8 aromatic carbocycles. The number of furan rings is 1. The fraction of sp³-hybridized carbons (Fsp3) is 0. The molecule has 0 saturated heterocycles. The van der Waals surface area contributed by atoms with Crippen LogP contribution in [0.3, 0.4) is 0 Å². The molecule has 0 saturated carbocycles. The van der Waals surface area contributed by atoms with Crippen molar-refractivity contribution >= 4 is 135 Å². The Balaban J connectivity index is 1.66. The molecule has 0 aliphatic heterocycles. The van der Waals surface area contributed by atoms with Gasteiger partial charge in [0.2, 0.25) is 0 Å². The second kappa shape index (κ2) is 10.9. The Bertz CT molecular complexity index is 3750. The fourth-order valence-corrected chi connectivity index (χ4v) is 7.46. The molecular formula is C40H18Cl6O. The average molecular weight is 745 g/mol. The van der Waals surface area contributed by atoms with Crippen molar-refractivity contribution in [3.63, 3.8) is 0 Å². The summed E-state index contributed by atoms with van der Waals surface area (Å²) < 4.78 is 169. The van der Waals surface area contributed by atoms with Crippen LogP contribution < -0.4 is 0 Å². The van der Waals surface area contributed by atoms with Crippen LogP contribution in [0.4, 0.5) is 0 Å². The predicted octanol–water partition coefficient (Wildman–Crippen LogP) is 15.5. The van der Waals surface area contributed by atoms with E-state index in [9.17, 15) is 11.0 Å². The monoisotopic (exact) mass is 742 g/mol. The molecule has 1 aromatic heterocycles. The predicted molar refractivity (Wildman–Crippen MR) is 205 cm³/mol. The Labute approximate surface area is 324 Å². The van der Waals surface area contributed by atoms with E-state index in [2.05, 4.69) is 0 Å². The largest absolute Gasteiger partial charge is 0.456 e. The van der Waals surface area contributed by atoms with Crippen LogP contribution in [0.1, 0.15) is 24.7 Å². The third-order valence-electron chi connectivity index (χ3n) is 7.78. The molecule has 0 aliphatic rings. The summed E-state index contributed by atoms with van der Waals surface area (Å²) in [4.78, 5) is 0. The summed E-state index contributed by atoms with van der Waals surface area (Å²) in [7, 11) is 0. The zero-order valence-electron chi connectivity index (χ0n) is 40.7. The molecule has 0 N–H and O–H groups in total. The summed E-state index contributed by atoms with van der Waals surface area (Å²) in [5, 5.41) is -5.87. The summed E-state index contributed by atoms with van der Waals surface area (Å²) >= 11 is 39.8. The van der Waals surface area contributed by atoms with E-state index in [1.807, 2.05) is 0 Å². The van der Waals surface area contributed by atoms with E-state index in [0.29, 0.717) is 0 Å². The molecule has 47 heavy (non-hydrogen) atoms. The van der Waals surface area contributed by atoms with E-state index in [1.54, 1.807) is 0 Å². The summed E-state index contributed by atoms with van der Waals surface area (Å²) in [6, 6.07) is -14.9. The third-order valence-corrected chi connectivity index (χ3v) is 10.4. The highest BCUT2D eigenvalue weighted by atomic mass is 35.5. The van der Waals surface area contributed by atoms with Crippen molar-refractivity contribution in [1.29, 1.82) is 0 Å². The van der Waals surface area contributed by atoms with Crippen LogP contribution in [-0.2, 0) is 0 Å². The summed E-state index contributed by atoms with van der Waals surface area (Å²) in [6.45, 7) is 0. The zero-order chi connectivity index (χ0) is 47.8. The first-order valence-corrected chi connectivity index (χ1v) is 15.6. The van der Waals surface area contributed by atoms with Gasteiger partial charge in [-0.1, -0.05) is 160 Å². The van der Waals surface area contributed by atoms with E-state index in [0.717, 1.165) is 0 Å². The molecule has 9 aromatic rings. The number of halogens is 6. The van der Waals surface area contributed by atoms with Crippen molar-refractivity contribution in [2.45, 2.75) is 0 Å². The molecule has 1 heterocycles. The van der Waals surface area contributed by atoms with Crippen LogP contribution in [0.2, 0.25) is 30.1 Å². The lowest BCUT2D eigenvalue weighted by molar-refractivity contribution is 0.669. The summed E-state index contributed by atoms with van der Waals surface area (Å²) in [6.07, 6.45) is 0. The molecule has 1 nitrogen and oxygen atoms in total. The third kappa shape index (κ3) is 4.18. The molecule has 0 fully saturated rings. The Morgan fingerprint density at radius 3 is 1.57 bits per heavy atom. The van der Waals surface area contributed by atoms with Gasteiger partial charge in [0.15, 0.2) is 0 Å². The fourth-order valence-electron chi connectivity index (χ4n) is 5.85. The van der Waals surface area contributed by atoms with E-state index >= 15 is 0 Å². The van der Waals surface area contributed by atoms with Gasteiger partial charge in [-0.05, 0) is 67.3 Å². The first-order chi connectivity index (χ1) is 30.3. The molecule has 0 aliphatic carbocycles. The van der Waals surface area contributed by atoms with Gasteiger partial charge in [0, 0.05) is 26.9 Å². The van der Waals surface area contributed by atoms with Crippen LogP contribution in [0, 0.1) is 0 Å². The highest BCUT2D eigenvalue weighted by Gasteiger charge is 2.24. The van der Waals surface area contributed by atoms with Gasteiger partial charge in [0.1, 0.15) is 11.2 Å². The molecular weight excluding hydrogens is 709 g/mol. The Kier molecular flexibility index (Phi) is 3.76. The number of hydrogen-bond donors (Lipinski definition) is 0. The van der Waals surface area contributed by atoms with E-state index < -0.39 is 180 Å². The maximum absolute atomic E-state index is 9.77. The van der Waals surface area contributed by atoms with Crippen molar-refractivity contribution in [3.05, 3.63) is 139 Å². The normalized spacial score (nSPS) is 17.4. The minimum Gasteiger partial charge on any atom is -0.456 e. The quantitative estimate of drug-likeness (QED) is 0.0743. The van der Waals surface area contributed by atoms with Crippen molar-refractivity contribution in [1.82, 2.24) is 0 Å². The molecule has 0 atom stereocenters. The van der Waals surface area contributed by atoms with Gasteiger partial charge < -0.3 is 4.42 Å². The highest BCUT2D eigenvalue weighted by Crippen LogP contribution is 2.52. The standard InChI is InChI=1S/C40H18Cl6O/c41-35-27-18-19(16-17-24(27)33-34(37(35)43)38(44)40(46)39(45)36(33)42)30-20-8-1-3-10-22(20)31(23-11-4-2-9-21(23)30)26-13-7-15-29-32(26)25-12-5-6-14-28(25)47-29/h1-18H/i1D,2D,3D,4D,5D,6D,7D,8D,9D,10D,11D,12D,13D,14D,15D,16D,17D,18D. The average Bonchev–Trinajstić information content (AvgIpc) is 3.68. The number of rotatable bonds is 2. The van der Waals surface area contributed by atoms with Crippen LogP contribution in [0.25, 0.3) is 87.3 Å². The number of benzene rings is 8. The Hall–Kier alpha value is -3.66. The first-order valence-electron chi connectivity index (χ1n) is 22.3. The Morgan fingerprint density at radius 2 is 0.915 bits per heavy atom. The smallest absolute Gasteiger partial charge is 0.136 e. The van der Waals surface area contributed by atoms with Gasteiger partial charge in [-0.3, -0.25) is 0 Å². The maximum Gasteiger partial charge on any atom is 0.136 e. The SMILES string of the molecule is [2H]c1c([2H])c([2H])c2c(oc3c([2H])c([2H])c([2H])c(-c4c5c([2H])c([2H])c([2H])c([2H])c5c(-c5c([2H])c([2H])c6c(c5[2H])c(Cl)c(Cl)c5c(Cl)c(Cl)c(Cl)c(Cl)c56)c5c([2H])c([2H])c([2H])c([2H])c45)c32)c1[2H]. The molecule has 0 unspecified atom stereocenters. The topological polar surface area (TPSA) is 13.1 Å². The number of para-hydroxylation sites is 1. The lowest BCUT2D eigenvalue weighted by Crippen LogP contribution is -1.92. The Morgan fingerprint density at radius 1 is 0.383 bits per heavy atom. The van der Waals surface area contributed by atoms with Gasteiger partial charge in [0.05, 0.1) is 54.8 Å². The van der Waals surface area contributed by atoms with Crippen molar-refractivity contribution < 1.29 is 29.1 Å². The maximum atomic E-state index is 9.77. The van der Waals surface area contributed by atoms with Gasteiger partial charge in [0.25, 0.3) is 0 Å². The minimum absolute atomic E-state index is 0.0876. The van der Waals surface area contributed by atoms with E-state index in [-0.39, 0.29) is 46.7 Å². The molecule has 0 radical (unpaired) electrons. The second-order valence-electron chi connectivity index (χ2n) is 10.1. The van der Waals surface area contributed by atoms with Crippen LogP contribution in [0.15, 0.2) is 113 Å². The van der Waals surface area contributed by atoms with Crippen molar-refractivity contribution in [3.8, 4) is 22.3 Å². The zero-order valence-corrected chi connectivity index (χ0v) is 27.2. The molecule has 0 bridgehead atoms. The van der Waals surface area contributed by atoms with E-state index in [4.69, 9.17) is 87.7 Å². The molecule has 0 spiro atoms. The number of hydrogen-bond acceptors (Lipinski definition) is 1. The van der Waals surface area contributed by atoms with Crippen LogP contribution >= 0.6 is 69.6 Å². The highest BCUT2D eigenvalue weighted by molar-refractivity contribution is 6.59. The van der Waals surface area contributed by atoms with Gasteiger partial charge >= 0.3 is 0 Å². The molecule has 9 rings (SSSR count). The molecule has 7 heteroatoms. The lowest BCUT2D eigenvalue weighted by Gasteiger charge is -2.19. The van der Waals surface area contributed by atoms with Crippen molar-refractivity contribution in [2.24, 2.45) is 0 Å². The van der Waals surface area contributed by atoms with Gasteiger partial charge in [-0.2, -0.15) is 0 Å². The van der Waals surface area contributed by atoms with Crippen molar-refractivity contribution in [2.75, 3.05) is 0 Å². The second-order valence-corrected chi connectivity index (χ2v) is 12.4. The van der Waals surface area contributed by atoms with E-state index in [1.165, 1.54) is 0 Å². The van der Waals surface area contributed by atoms with Gasteiger partial charge in [-0.25, -0.2) is 0 Å². The summed E-state index contributed by atoms with van der Waals surface area (Å²) in [5.74, 6) is 0.